The highest BCUT2D eigenvalue weighted by Crippen LogP contribution is 2.26. The number of hydrogen-bond donors (Lipinski definition) is 2. The normalized spacial score (nSPS) is 17.2. The van der Waals surface area contributed by atoms with Crippen molar-refractivity contribution in [2.24, 2.45) is 0 Å². The monoisotopic (exact) mass is 404 g/mol. The number of amides is 2. The van der Waals surface area contributed by atoms with Crippen LogP contribution in [0.25, 0.3) is 0 Å². The van der Waals surface area contributed by atoms with Gasteiger partial charge in [0.1, 0.15) is 11.6 Å². The van der Waals surface area contributed by atoms with E-state index in [1.807, 2.05) is 31.2 Å². The van der Waals surface area contributed by atoms with Crippen molar-refractivity contribution in [3.05, 3.63) is 35.4 Å². The van der Waals surface area contributed by atoms with E-state index < -0.39 is 29.7 Å². The largest absolute Gasteiger partial charge is 0.481 e. The summed E-state index contributed by atoms with van der Waals surface area (Å²) in [5.41, 5.74) is 1.40. The molecule has 0 fully saturated rings. The van der Waals surface area contributed by atoms with Crippen LogP contribution in [0.5, 0.6) is 0 Å². The van der Waals surface area contributed by atoms with E-state index in [0.29, 0.717) is 19.4 Å². The highest BCUT2D eigenvalue weighted by Gasteiger charge is 2.35. The molecule has 160 valence electrons. The van der Waals surface area contributed by atoms with Crippen molar-refractivity contribution in [2.45, 2.75) is 84.0 Å². The molecule has 1 aromatic rings. The second-order valence-corrected chi connectivity index (χ2v) is 8.53. The third-order valence-electron chi connectivity index (χ3n) is 4.88. The molecule has 0 spiro atoms. The van der Waals surface area contributed by atoms with E-state index in [0.717, 1.165) is 24.0 Å². The van der Waals surface area contributed by atoms with E-state index in [1.54, 1.807) is 25.7 Å². The van der Waals surface area contributed by atoms with Crippen molar-refractivity contribution < 1.29 is 24.2 Å². The fourth-order valence-corrected chi connectivity index (χ4v) is 3.54. The van der Waals surface area contributed by atoms with Gasteiger partial charge < -0.3 is 20.1 Å². The number of fused-ring (bicyclic) bond motifs is 1. The van der Waals surface area contributed by atoms with Crippen LogP contribution in [0.15, 0.2) is 24.3 Å². The number of carbonyl (C=O) groups is 3. The molecule has 0 saturated heterocycles. The first kappa shape index (κ1) is 22.7. The molecule has 7 heteroatoms. The second-order valence-electron chi connectivity index (χ2n) is 8.53. The topological polar surface area (TPSA) is 95.9 Å². The Labute approximate surface area is 172 Å². The zero-order valence-corrected chi connectivity index (χ0v) is 17.7. The number of carbonyl (C=O) groups excluding carboxylic acids is 2. The summed E-state index contributed by atoms with van der Waals surface area (Å²) in [6.45, 7) is 7.64. The van der Waals surface area contributed by atoms with Crippen LogP contribution in [0.1, 0.15) is 64.5 Å². The highest BCUT2D eigenvalue weighted by molar-refractivity contribution is 5.86. The molecule has 29 heavy (non-hydrogen) atoms. The number of benzene rings is 1. The van der Waals surface area contributed by atoms with Gasteiger partial charge in [-0.15, -0.1) is 0 Å². The van der Waals surface area contributed by atoms with Crippen LogP contribution in [-0.2, 0) is 27.3 Å². The van der Waals surface area contributed by atoms with Gasteiger partial charge in [-0.1, -0.05) is 44.0 Å². The first-order valence-corrected chi connectivity index (χ1v) is 10.2. The quantitative estimate of drug-likeness (QED) is 0.725. The number of nitrogens with one attached hydrogen (secondary N) is 1. The van der Waals surface area contributed by atoms with E-state index in [9.17, 15) is 19.5 Å². The van der Waals surface area contributed by atoms with E-state index in [2.05, 4.69) is 5.32 Å². The van der Waals surface area contributed by atoms with Crippen molar-refractivity contribution in [1.29, 1.82) is 0 Å². The third kappa shape index (κ3) is 6.76. The molecule has 2 amide bonds. The molecular weight excluding hydrogens is 372 g/mol. The van der Waals surface area contributed by atoms with Crippen LogP contribution < -0.4 is 5.32 Å². The van der Waals surface area contributed by atoms with E-state index in [4.69, 9.17) is 4.74 Å². The van der Waals surface area contributed by atoms with Crippen LogP contribution in [0.2, 0.25) is 0 Å². The van der Waals surface area contributed by atoms with Crippen LogP contribution >= 0.6 is 0 Å². The number of ether oxygens (including phenoxy) is 1. The Hall–Kier alpha value is -2.57. The maximum Gasteiger partial charge on any atom is 0.408 e. The first-order chi connectivity index (χ1) is 13.6. The Kier molecular flexibility index (Phi) is 7.65. The molecule has 2 N–H and O–H groups in total. The number of carboxylic acid groups (broad SMARTS) is 1. The molecule has 0 aliphatic carbocycles. The molecule has 0 radical (unpaired) electrons. The maximum absolute atomic E-state index is 13.4. The number of unbranched alkanes of at least 4 members (excludes halogenated alkanes) is 1. The summed E-state index contributed by atoms with van der Waals surface area (Å²) in [6, 6.07) is 6.56. The molecule has 0 unspecified atom stereocenters. The molecule has 0 bridgehead atoms. The lowest BCUT2D eigenvalue weighted by molar-refractivity contribution is -0.142. The molecule has 0 aromatic heterocycles. The van der Waals surface area contributed by atoms with Gasteiger partial charge in [0.2, 0.25) is 5.91 Å². The van der Waals surface area contributed by atoms with Crippen molar-refractivity contribution in [2.75, 3.05) is 0 Å². The van der Waals surface area contributed by atoms with Gasteiger partial charge in [0.15, 0.2) is 0 Å². The molecule has 1 aromatic carbocycles. The molecule has 2 rings (SSSR count). The minimum absolute atomic E-state index is 0.132. The number of nitrogens with zero attached hydrogens (tertiary/aromatic N) is 1. The highest BCUT2D eigenvalue weighted by atomic mass is 16.6. The van der Waals surface area contributed by atoms with Gasteiger partial charge in [0, 0.05) is 12.6 Å². The predicted molar refractivity (Wildman–Crippen MR) is 109 cm³/mol. The number of alkyl carbamates (subject to hydrolysis) is 1. The van der Waals surface area contributed by atoms with Crippen molar-refractivity contribution in [1.82, 2.24) is 10.2 Å². The van der Waals surface area contributed by atoms with Gasteiger partial charge in [-0.3, -0.25) is 9.59 Å². The molecule has 7 nitrogen and oxygen atoms in total. The molecule has 1 heterocycles. The molecule has 1 aliphatic rings. The van der Waals surface area contributed by atoms with Crippen LogP contribution in [-0.4, -0.2) is 45.7 Å². The van der Waals surface area contributed by atoms with Gasteiger partial charge in [-0.25, -0.2) is 4.79 Å². The standard InChI is InChI=1S/C22H32N2O5/c1-5-6-11-18(23-21(28)29-22(2,3)4)20(27)24-14-16-10-8-7-9-15(16)12-17(24)13-19(25)26/h7-10,17-18H,5-6,11-14H2,1-4H3,(H,23,28)(H,25,26)/t17-,18+/m1/s1. The summed E-state index contributed by atoms with van der Waals surface area (Å²) in [5.74, 6) is -1.21. The van der Waals surface area contributed by atoms with Crippen LogP contribution in [0.4, 0.5) is 4.79 Å². The summed E-state index contributed by atoms with van der Waals surface area (Å²) in [4.78, 5) is 38.7. The van der Waals surface area contributed by atoms with Gasteiger partial charge >= 0.3 is 12.1 Å². The zero-order chi connectivity index (χ0) is 21.6. The Balaban J connectivity index is 2.23. The van der Waals surface area contributed by atoms with Crippen LogP contribution in [0.3, 0.4) is 0 Å². The van der Waals surface area contributed by atoms with Gasteiger partial charge in [0.05, 0.1) is 6.42 Å². The minimum Gasteiger partial charge on any atom is -0.481 e. The number of carboxylic acids is 1. The molecule has 0 saturated carbocycles. The summed E-state index contributed by atoms with van der Waals surface area (Å²) in [5, 5.41) is 12.0. The Morgan fingerprint density at radius 1 is 1.24 bits per heavy atom. The summed E-state index contributed by atoms with van der Waals surface area (Å²) >= 11 is 0. The second kappa shape index (κ2) is 9.76. The average Bonchev–Trinajstić information content (AvgIpc) is 2.62. The zero-order valence-electron chi connectivity index (χ0n) is 17.7. The van der Waals surface area contributed by atoms with Gasteiger partial charge in [-0.2, -0.15) is 0 Å². The van der Waals surface area contributed by atoms with Crippen LogP contribution in [0, 0.1) is 0 Å². The maximum atomic E-state index is 13.4. The predicted octanol–water partition coefficient (Wildman–Crippen LogP) is 3.50. The number of aliphatic carboxylic acids is 1. The average molecular weight is 405 g/mol. The van der Waals surface area contributed by atoms with Crippen molar-refractivity contribution in [3.63, 3.8) is 0 Å². The lowest BCUT2D eigenvalue weighted by Gasteiger charge is -2.38. The Bertz CT molecular complexity index is 741. The fraction of sp³-hybridized carbons (Fsp3) is 0.591. The van der Waals surface area contributed by atoms with Crippen molar-refractivity contribution in [3.8, 4) is 0 Å². The minimum atomic E-state index is -0.947. The number of rotatable bonds is 7. The molecule has 2 atom stereocenters. The smallest absolute Gasteiger partial charge is 0.408 e. The summed E-state index contributed by atoms with van der Waals surface area (Å²) < 4.78 is 5.32. The molecular formula is C22H32N2O5. The Morgan fingerprint density at radius 2 is 1.90 bits per heavy atom. The lowest BCUT2D eigenvalue weighted by atomic mass is 9.91. The Morgan fingerprint density at radius 3 is 2.48 bits per heavy atom. The van der Waals surface area contributed by atoms with Crippen molar-refractivity contribution >= 4 is 18.0 Å². The summed E-state index contributed by atoms with van der Waals surface area (Å²) in [7, 11) is 0. The van der Waals surface area contributed by atoms with Gasteiger partial charge in [0.25, 0.3) is 0 Å². The summed E-state index contributed by atoms with van der Waals surface area (Å²) in [6.07, 6.45) is 1.83. The van der Waals surface area contributed by atoms with E-state index in [1.165, 1.54) is 0 Å². The van der Waals surface area contributed by atoms with E-state index in [-0.39, 0.29) is 12.3 Å². The lowest BCUT2D eigenvalue weighted by Crippen LogP contribution is -2.54. The van der Waals surface area contributed by atoms with E-state index >= 15 is 0 Å². The number of hydrogen-bond acceptors (Lipinski definition) is 4. The SMILES string of the molecule is CCCC[C@H](NC(=O)OC(C)(C)C)C(=O)N1Cc2ccccc2C[C@@H]1CC(=O)O. The van der Waals surface area contributed by atoms with Gasteiger partial charge in [-0.05, 0) is 44.7 Å². The first-order valence-electron chi connectivity index (χ1n) is 10.2. The fourth-order valence-electron chi connectivity index (χ4n) is 3.54. The molecule has 1 aliphatic heterocycles. The third-order valence-corrected chi connectivity index (χ3v) is 4.88.